The van der Waals surface area contributed by atoms with Gasteiger partial charge in [-0.1, -0.05) is 38.1 Å². The van der Waals surface area contributed by atoms with E-state index >= 15 is 0 Å². The van der Waals surface area contributed by atoms with E-state index in [4.69, 9.17) is 5.73 Å². The highest BCUT2D eigenvalue weighted by Crippen LogP contribution is 2.34. The lowest BCUT2D eigenvalue weighted by molar-refractivity contribution is -0.111. The van der Waals surface area contributed by atoms with Crippen LogP contribution in [-0.4, -0.2) is 41.3 Å². The number of hydrogen-bond acceptors (Lipinski definition) is 3. The van der Waals surface area contributed by atoms with Gasteiger partial charge in [-0.15, -0.1) is 0 Å². The first-order chi connectivity index (χ1) is 15.0. The number of nitrogens with one attached hydrogen (secondary N) is 2. The lowest BCUT2D eigenvalue weighted by Crippen LogP contribution is -2.24. The van der Waals surface area contributed by atoms with Gasteiger partial charge in [0, 0.05) is 29.9 Å². The number of primary amides is 1. The third-order valence-corrected chi connectivity index (χ3v) is 5.49. The Labute approximate surface area is 183 Å². The topological polar surface area (TPSA) is 91.2 Å². The monoisotopic (exact) mass is 418 g/mol. The number of carbonyl (C=O) groups excluding carboxylic acids is 2. The fourth-order valence-electron chi connectivity index (χ4n) is 3.84. The number of anilines is 1. The lowest BCUT2D eigenvalue weighted by Gasteiger charge is -2.16. The SMILES string of the molecule is CCCN(CC)C/C=C/C(=O)Nc1cccc(-c2ccc(C(N)=O)c3[nH]ccc23)c1C. The number of carbonyl (C=O) groups is 2. The van der Waals surface area contributed by atoms with Crippen molar-refractivity contribution in [3.8, 4) is 11.1 Å². The van der Waals surface area contributed by atoms with Crippen LogP contribution >= 0.6 is 0 Å². The minimum Gasteiger partial charge on any atom is -0.366 e. The van der Waals surface area contributed by atoms with Crippen LogP contribution in [0.5, 0.6) is 0 Å². The summed E-state index contributed by atoms with van der Waals surface area (Å²) in [6.45, 7) is 8.99. The zero-order chi connectivity index (χ0) is 22.4. The van der Waals surface area contributed by atoms with Crippen molar-refractivity contribution < 1.29 is 9.59 Å². The summed E-state index contributed by atoms with van der Waals surface area (Å²) in [6, 6.07) is 11.4. The summed E-state index contributed by atoms with van der Waals surface area (Å²) in [5.41, 5.74) is 10.4. The zero-order valence-electron chi connectivity index (χ0n) is 18.4. The Hall–Kier alpha value is -3.38. The second-order valence-corrected chi connectivity index (χ2v) is 7.55. The third-order valence-electron chi connectivity index (χ3n) is 5.49. The Balaban J connectivity index is 1.84. The average Bonchev–Trinajstić information content (AvgIpc) is 3.24. The van der Waals surface area contributed by atoms with Gasteiger partial charge in [0.25, 0.3) is 5.91 Å². The molecule has 0 fully saturated rings. The first-order valence-electron chi connectivity index (χ1n) is 10.7. The van der Waals surface area contributed by atoms with E-state index in [1.54, 1.807) is 18.3 Å². The minimum atomic E-state index is -0.468. The highest BCUT2D eigenvalue weighted by molar-refractivity contribution is 6.09. The van der Waals surface area contributed by atoms with Gasteiger partial charge >= 0.3 is 0 Å². The molecule has 3 aromatic rings. The van der Waals surface area contributed by atoms with E-state index in [0.717, 1.165) is 53.8 Å². The van der Waals surface area contributed by atoms with Crippen molar-refractivity contribution in [3.63, 3.8) is 0 Å². The summed E-state index contributed by atoms with van der Waals surface area (Å²) >= 11 is 0. The fraction of sp³-hybridized carbons (Fsp3) is 0.280. The zero-order valence-corrected chi connectivity index (χ0v) is 18.4. The largest absolute Gasteiger partial charge is 0.366 e. The van der Waals surface area contributed by atoms with Crippen LogP contribution in [0.3, 0.4) is 0 Å². The van der Waals surface area contributed by atoms with Crippen LogP contribution in [0.2, 0.25) is 0 Å². The second kappa shape index (κ2) is 10.1. The van der Waals surface area contributed by atoms with Gasteiger partial charge in [-0.3, -0.25) is 14.5 Å². The molecule has 0 atom stereocenters. The Morgan fingerprint density at radius 1 is 1.13 bits per heavy atom. The van der Waals surface area contributed by atoms with Gasteiger partial charge in [-0.05, 0) is 61.3 Å². The number of amides is 2. The number of fused-ring (bicyclic) bond motifs is 1. The number of nitrogens with two attached hydrogens (primary N) is 1. The summed E-state index contributed by atoms with van der Waals surface area (Å²) in [7, 11) is 0. The molecular weight excluding hydrogens is 388 g/mol. The number of benzene rings is 2. The maximum absolute atomic E-state index is 12.5. The molecule has 6 heteroatoms. The van der Waals surface area contributed by atoms with E-state index in [0.29, 0.717) is 11.1 Å². The van der Waals surface area contributed by atoms with Crippen molar-refractivity contribution in [2.75, 3.05) is 25.0 Å². The highest BCUT2D eigenvalue weighted by atomic mass is 16.1. The van der Waals surface area contributed by atoms with E-state index in [1.807, 2.05) is 43.3 Å². The van der Waals surface area contributed by atoms with Gasteiger partial charge in [0.1, 0.15) is 0 Å². The van der Waals surface area contributed by atoms with E-state index in [9.17, 15) is 9.59 Å². The van der Waals surface area contributed by atoms with Crippen LogP contribution in [-0.2, 0) is 4.79 Å². The van der Waals surface area contributed by atoms with Crippen LogP contribution in [0.4, 0.5) is 5.69 Å². The summed E-state index contributed by atoms with van der Waals surface area (Å²) in [6.07, 6.45) is 6.38. The molecule has 162 valence electrons. The Morgan fingerprint density at radius 2 is 1.94 bits per heavy atom. The normalized spacial score (nSPS) is 11.5. The maximum Gasteiger partial charge on any atom is 0.250 e. The van der Waals surface area contributed by atoms with Crippen LogP contribution in [0.25, 0.3) is 22.0 Å². The van der Waals surface area contributed by atoms with Crippen LogP contribution in [0.1, 0.15) is 36.2 Å². The molecule has 1 heterocycles. The standard InChI is InChI=1S/C25H30N4O2/c1-4-15-29(5-2)16-7-10-23(30)28-22-9-6-8-18(17(22)3)19-11-12-21(25(26)31)24-20(19)13-14-27-24/h6-14,27H,4-5,15-16H2,1-3H3,(H2,26,31)(H,28,30)/b10-7+. The van der Waals surface area contributed by atoms with Crippen molar-refractivity contribution in [2.45, 2.75) is 27.2 Å². The number of aromatic nitrogens is 1. The van der Waals surface area contributed by atoms with Gasteiger partial charge in [0.05, 0.1) is 11.1 Å². The quantitative estimate of drug-likeness (QED) is 0.448. The second-order valence-electron chi connectivity index (χ2n) is 7.55. The van der Waals surface area contributed by atoms with Crippen molar-refractivity contribution >= 4 is 28.4 Å². The summed E-state index contributed by atoms with van der Waals surface area (Å²) in [5, 5.41) is 3.90. The molecule has 0 radical (unpaired) electrons. The Bertz CT molecular complexity index is 1110. The Kier molecular flexibility index (Phi) is 7.26. The molecule has 0 aliphatic carbocycles. The maximum atomic E-state index is 12.5. The van der Waals surface area contributed by atoms with Gasteiger partial charge in [0.2, 0.25) is 5.91 Å². The number of nitrogens with zero attached hydrogens (tertiary/aromatic N) is 1. The van der Waals surface area contributed by atoms with Gasteiger partial charge in [-0.25, -0.2) is 0 Å². The summed E-state index contributed by atoms with van der Waals surface area (Å²) < 4.78 is 0. The van der Waals surface area contributed by atoms with Crippen LogP contribution < -0.4 is 11.1 Å². The number of likely N-dealkylation sites (N-methyl/N-ethyl adjacent to an activating group) is 1. The Morgan fingerprint density at radius 3 is 2.65 bits per heavy atom. The molecular formula is C25H30N4O2. The molecule has 0 spiro atoms. The molecule has 6 nitrogen and oxygen atoms in total. The van der Waals surface area contributed by atoms with Crippen LogP contribution in [0.15, 0.2) is 54.7 Å². The van der Waals surface area contributed by atoms with E-state index < -0.39 is 5.91 Å². The predicted octanol–water partition coefficient (Wildman–Crippen LogP) is 4.47. The minimum absolute atomic E-state index is 0.149. The fourth-order valence-corrected chi connectivity index (χ4v) is 3.84. The molecule has 2 amide bonds. The van der Waals surface area contributed by atoms with E-state index in [1.165, 1.54) is 0 Å². The summed E-state index contributed by atoms with van der Waals surface area (Å²) in [5.74, 6) is -0.618. The van der Waals surface area contributed by atoms with Crippen LogP contribution in [0, 0.1) is 6.92 Å². The molecule has 0 saturated carbocycles. The molecule has 0 aliphatic rings. The first kappa shape index (κ1) is 22.3. The molecule has 1 aromatic heterocycles. The number of aromatic amines is 1. The molecule has 0 aliphatic heterocycles. The molecule has 4 N–H and O–H groups in total. The summed E-state index contributed by atoms with van der Waals surface area (Å²) in [4.78, 5) is 29.6. The van der Waals surface area contributed by atoms with Crippen molar-refractivity contribution in [3.05, 3.63) is 65.9 Å². The molecule has 3 rings (SSSR count). The first-order valence-corrected chi connectivity index (χ1v) is 10.7. The van der Waals surface area contributed by atoms with Crippen molar-refractivity contribution in [2.24, 2.45) is 5.73 Å². The van der Waals surface area contributed by atoms with Gasteiger partial charge in [0.15, 0.2) is 0 Å². The highest BCUT2D eigenvalue weighted by Gasteiger charge is 2.15. The average molecular weight is 419 g/mol. The number of rotatable bonds is 9. The number of H-pyrrole nitrogens is 1. The van der Waals surface area contributed by atoms with Gasteiger partial charge < -0.3 is 16.0 Å². The molecule has 0 saturated heterocycles. The molecule has 0 unspecified atom stereocenters. The van der Waals surface area contributed by atoms with Crippen molar-refractivity contribution in [1.29, 1.82) is 0 Å². The predicted molar refractivity (Wildman–Crippen MR) is 127 cm³/mol. The third kappa shape index (κ3) is 5.03. The number of hydrogen-bond donors (Lipinski definition) is 3. The lowest BCUT2D eigenvalue weighted by atomic mass is 9.94. The molecule has 0 bridgehead atoms. The van der Waals surface area contributed by atoms with Gasteiger partial charge in [-0.2, -0.15) is 0 Å². The molecule has 2 aromatic carbocycles. The smallest absolute Gasteiger partial charge is 0.250 e. The van der Waals surface area contributed by atoms with E-state index in [2.05, 4.69) is 29.0 Å². The van der Waals surface area contributed by atoms with Crippen molar-refractivity contribution in [1.82, 2.24) is 9.88 Å². The molecule has 31 heavy (non-hydrogen) atoms. The van der Waals surface area contributed by atoms with E-state index in [-0.39, 0.29) is 5.91 Å².